The third-order valence-corrected chi connectivity index (χ3v) is 1.34. The molecule has 0 radical (unpaired) electrons. The van der Waals surface area contributed by atoms with Crippen LogP contribution in [0.2, 0.25) is 0 Å². The molecule has 0 fully saturated rings. The van der Waals surface area contributed by atoms with Crippen LogP contribution in [0.3, 0.4) is 0 Å². The minimum Gasteiger partial charge on any atom is -0.377 e. The van der Waals surface area contributed by atoms with E-state index in [9.17, 15) is 0 Å². The molecule has 0 aliphatic rings. The fourth-order valence-corrected chi connectivity index (χ4v) is 0.676. The molecule has 0 bridgehead atoms. The maximum Gasteiger partial charge on any atom is 0.0992 e. The van der Waals surface area contributed by atoms with Gasteiger partial charge in [0.2, 0.25) is 0 Å². The van der Waals surface area contributed by atoms with Crippen LogP contribution in [0.5, 0.6) is 0 Å². The van der Waals surface area contributed by atoms with Crippen LogP contribution in [-0.4, -0.2) is 38.6 Å². The average Bonchev–Trinajstić information content (AvgIpc) is 2.10. The van der Waals surface area contributed by atoms with Crippen molar-refractivity contribution in [2.45, 2.75) is 26.0 Å². The highest BCUT2D eigenvalue weighted by atomic mass is 16.6. The summed E-state index contributed by atoms with van der Waals surface area (Å²) in [4.78, 5) is 4.51. The summed E-state index contributed by atoms with van der Waals surface area (Å²) in [5, 5.41) is 0. The molecule has 0 aromatic rings. The summed E-state index contributed by atoms with van der Waals surface area (Å²) < 4.78 is 10.4. The van der Waals surface area contributed by atoms with E-state index < -0.39 is 0 Å². The Hall–Kier alpha value is -0.200. The van der Waals surface area contributed by atoms with Gasteiger partial charge in [-0.2, -0.15) is 0 Å². The van der Waals surface area contributed by atoms with E-state index in [-0.39, 0.29) is 12.1 Å². The van der Waals surface area contributed by atoms with Crippen molar-refractivity contribution >= 4 is 0 Å². The molecule has 0 aliphatic carbocycles. The summed E-state index contributed by atoms with van der Waals surface area (Å²) in [5.74, 6) is 4.92. The lowest BCUT2D eigenvalue weighted by molar-refractivity contribution is -0.0250. The summed E-state index contributed by atoms with van der Waals surface area (Å²) in [6.45, 7) is 5.87. The normalized spacial score (nSPS) is 15.7. The summed E-state index contributed by atoms with van der Waals surface area (Å²) in [6.07, 6.45) is -0.0755. The molecule has 4 N–H and O–H groups in total. The molecule has 2 atom stereocenters. The van der Waals surface area contributed by atoms with Gasteiger partial charge < -0.3 is 15.2 Å². The lowest BCUT2D eigenvalue weighted by Crippen LogP contribution is -2.24. The van der Waals surface area contributed by atoms with Crippen molar-refractivity contribution in [1.82, 2.24) is 0 Å². The minimum absolute atomic E-state index is 0.0753. The molecule has 5 nitrogen and oxygen atoms in total. The Morgan fingerprint density at radius 3 is 2.08 bits per heavy atom. The molecule has 0 rings (SSSR count). The average molecular weight is 192 g/mol. The molecule has 2 unspecified atom stereocenters. The van der Waals surface area contributed by atoms with E-state index in [2.05, 4.69) is 4.84 Å². The molecular weight excluding hydrogens is 172 g/mol. The van der Waals surface area contributed by atoms with Crippen molar-refractivity contribution in [3.8, 4) is 0 Å². The molecule has 0 saturated carbocycles. The first-order valence-corrected chi connectivity index (χ1v) is 4.43. The molecular formula is C8H20N2O3. The maximum absolute atomic E-state index is 5.47. The fourth-order valence-electron chi connectivity index (χ4n) is 0.676. The standard InChI is InChI=1S/C8H20N2O3/c1-7(9)5-11-3-4-12-6-8(2)13-10/h7-8H,3-6,9-10H2,1-2H3. The SMILES string of the molecule is CC(N)COCCOCC(C)ON. The van der Waals surface area contributed by atoms with Crippen molar-refractivity contribution in [2.24, 2.45) is 11.6 Å². The minimum atomic E-state index is -0.0755. The van der Waals surface area contributed by atoms with Gasteiger partial charge in [-0.25, -0.2) is 5.90 Å². The number of hydrogen-bond donors (Lipinski definition) is 2. The van der Waals surface area contributed by atoms with Crippen LogP contribution in [0.1, 0.15) is 13.8 Å². The van der Waals surface area contributed by atoms with E-state index in [4.69, 9.17) is 21.1 Å². The predicted octanol–water partition coefficient (Wildman–Crippen LogP) is -0.354. The molecule has 0 aromatic heterocycles. The van der Waals surface area contributed by atoms with Gasteiger partial charge in [-0.1, -0.05) is 0 Å². The van der Waals surface area contributed by atoms with Gasteiger partial charge in [0, 0.05) is 6.04 Å². The Kier molecular flexibility index (Phi) is 8.27. The smallest absolute Gasteiger partial charge is 0.0992 e. The lowest BCUT2D eigenvalue weighted by atomic mass is 10.4. The second-order valence-corrected chi connectivity index (χ2v) is 3.07. The van der Waals surface area contributed by atoms with E-state index in [1.54, 1.807) is 0 Å². The molecule has 80 valence electrons. The van der Waals surface area contributed by atoms with Crippen LogP contribution < -0.4 is 11.6 Å². The van der Waals surface area contributed by atoms with E-state index in [0.29, 0.717) is 26.4 Å². The number of hydrogen-bond acceptors (Lipinski definition) is 5. The zero-order valence-electron chi connectivity index (χ0n) is 8.36. The molecule has 0 saturated heterocycles. The Labute approximate surface area is 79.3 Å². The van der Waals surface area contributed by atoms with E-state index >= 15 is 0 Å². The maximum atomic E-state index is 5.47. The van der Waals surface area contributed by atoms with E-state index in [1.165, 1.54) is 0 Å². The third kappa shape index (κ3) is 9.72. The van der Waals surface area contributed by atoms with Gasteiger partial charge in [0.15, 0.2) is 0 Å². The highest BCUT2D eigenvalue weighted by molar-refractivity contribution is 4.48. The van der Waals surface area contributed by atoms with Crippen LogP contribution in [0, 0.1) is 0 Å². The van der Waals surface area contributed by atoms with Gasteiger partial charge in [-0.3, -0.25) is 4.84 Å². The lowest BCUT2D eigenvalue weighted by Gasteiger charge is -2.10. The van der Waals surface area contributed by atoms with Gasteiger partial charge in [0.1, 0.15) is 0 Å². The Morgan fingerprint density at radius 1 is 1.08 bits per heavy atom. The van der Waals surface area contributed by atoms with Gasteiger partial charge in [0.05, 0.1) is 32.5 Å². The zero-order valence-corrected chi connectivity index (χ0v) is 8.36. The van der Waals surface area contributed by atoms with Gasteiger partial charge in [-0.15, -0.1) is 0 Å². The number of nitrogens with two attached hydrogens (primary N) is 2. The van der Waals surface area contributed by atoms with Crippen molar-refractivity contribution < 1.29 is 14.3 Å². The van der Waals surface area contributed by atoms with Crippen molar-refractivity contribution in [2.75, 3.05) is 26.4 Å². The second-order valence-electron chi connectivity index (χ2n) is 3.07. The Balaban J connectivity index is 2.99. The van der Waals surface area contributed by atoms with Crippen LogP contribution in [0.25, 0.3) is 0 Å². The zero-order chi connectivity index (χ0) is 10.1. The highest BCUT2D eigenvalue weighted by Gasteiger charge is 1.99. The quantitative estimate of drug-likeness (QED) is 0.406. The third-order valence-electron chi connectivity index (χ3n) is 1.34. The topological polar surface area (TPSA) is 79.7 Å². The molecule has 13 heavy (non-hydrogen) atoms. The van der Waals surface area contributed by atoms with Crippen molar-refractivity contribution in [1.29, 1.82) is 0 Å². The largest absolute Gasteiger partial charge is 0.377 e. The van der Waals surface area contributed by atoms with E-state index in [1.807, 2.05) is 13.8 Å². The van der Waals surface area contributed by atoms with E-state index in [0.717, 1.165) is 0 Å². The monoisotopic (exact) mass is 192 g/mol. The summed E-state index contributed by atoms with van der Waals surface area (Å²) >= 11 is 0. The molecule has 0 aliphatic heterocycles. The van der Waals surface area contributed by atoms with Gasteiger partial charge in [-0.05, 0) is 13.8 Å². The van der Waals surface area contributed by atoms with Gasteiger partial charge >= 0.3 is 0 Å². The van der Waals surface area contributed by atoms with Crippen LogP contribution in [0.15, 0.2) is 0 Å². The first kappa shape index (κ1) is 12.8. The summed E-state index contributed by atoms with van der Waals surface area (Å²) in [5.41, 5.74) is 5.47. The van der Waals surface area contributed by atoms with Crippen molar-refractivity contribution in [3.05, 3.63) is 0 Å². The predicted molar refractivity (Wildman–Crippen MR) is 50.0 cm³/mol. The van der Waals surface area contributed by atoms with Crippen LogP contribution in [0.4, 0.5) is 0 Å². The Morgan fingerprint density at radius 2 is 1.62 bits per heavy atom. The second kappa shape index (κ2) is 8.40. The van der Waals surface area contributed by atoms with Crippen LogP contribution >= 0.6 is 0 Å². The number of rotatable bonds is 8. The molecule has 0 aromatic carbocycles. The summed E-state index contributed by atoms with van der Waals surface area (Å²) in [6, 6.07) is 0.0753. The number of ether oxygens (including phenoxy) is 2. The first-order chi connectivity index (χ1) is 6.16. The van der Waals surface area contributed by atoms with Crippen molar-refractivity contribution in [3.63, 3.8) is 0 Å². The highest BCUT2D eigenvalue weighted by Crippen LogP contribution is 1.87. The van der Waals surface area contributed by atoms with Gasteiger partial charge in [0.25, 0.3) is 0 Å². The first-order valence-electron chi connectivity index (χ1n) is 4.43. The Bertz CT molecular complexity index is 112. The van der Waals surface area contributed by atoms with Crippen LogP contribution in [-0.2, 0) is 14.3 Å². The molecule has 0 heterocycles. The molecule has 0 spiro atoms. The fraction of sp³-hybridized carbons (Fsp3) is 1.00. The molecule has 5 heteroatoms. The molecule has 0 amide bonds. The summed E-state index contributed by atoms with van der Waals surface area (Å²) in [7, 11) is 0.